The lowest BCUT2D eigenvalue weighted by Gasteiger charge is -2.11. The number of halogens is 1. The Balaban J connectivity index is 1.87. The van der Waals surface area contributed by atoms with Gasteiger partial charge in [0.2, 0.25) is 0 Å². The van der Waals surface area contributed by atoms with Crippen molar-refractivity contribution < 1.29 is 9.18 Å². The zero-order valence-corrected chi connectivity index (χ0v) is 10.8. The molecule has 0 bridgehead atoms. The maximum Gasteiger partial charge on any atom is 0.169 e. The number of hydrogen-bond donors (Lipinski definition) is 0. The Morgan fingerprint density at radius 1 is 1.11 bits per heavy atom. The van der Waals surface area contributed by atoms with E-state index in [2.05, 4.69) is 6.92 Å². The lowest BCUT2D eigenvalue weighted by Crippen LogP contribution is -2.13. The molecule has 0 N–H and O–H groups in total. The number of ketones is 1. The summed E-state index contributed by atoms with van der Waals surface area (Å²) in [6.07, 6.45) is 0.796. The molecule has 2 heteroatoms. The highest BCUT2D eigenvalue weighted by Gasteiger charge is 2.55. The summed E-state index contributed by atoms with van der Waals surface area (Å²) in [7, 11) is 0. The lowest BCUT2D eigenvalue weighted by atomic mass is 9.92. The monoisotopic (exact) mass is 254 g/mol. The molecule has 1 fully saturated rings. The van der Waals surface area contributed by atoms with E-state index in [0.29, 0.717) is 0 Å². The minimum atomic E-state index is -0.421. The Hall–Kier alpha value is -1.96. The molecule has 1 nitrogen and oxygen atoms in total. The molecule has 0 aromatic heterocycles. The van der Waals surface area contributed by atoms with Crippen LogP contribution in [0.5, 0.6) is 0 Å². The molecule has 1 aliphatic carbocycles. The Morgan fingerprint density at radius 3 is 2.42 bits per heavy atom. The van der Waals surface area contributed by atoms with Gasteiger partial charge in [0.15, 0.2) is 5.78 Å². The van der Waals surface area contributed by atoms with Gasteiger partial charge < -0.3 is 0 Å². The number of hydrogen-bond acceptors (Lipinski definition) is 1. The van der Waals surface area contributed by atoms with Crippen LogP contribution in [0.2, 0.25) is 0 Å². The fourth-order valence-corrected chi connectivity index (χ4v) is 2.73. The summed E-state index contributed by atoms with van der Waals surface area (Å²) in [5.74, 6) is -0.605. The van der Waals surface area contributed by atoms with Crippen molar-refractivity contribution >= 4 is 5.78 Å². The minimum Gasteiger partial charge on any atom is -0.294 e. The topological polar surface area (TPSA) is 17.1 Å². The fraction of sp³-hybridized carbons (Fsp3) is 0.235. The molecule has 0 saturated heterocycles. The third-order valence-electron chi connectivity index (χ3n) is 4.13. The molecule has 0 heterocycles. The average Bonchev–Trinajstić information content (AvgIpc) is 3.13. The molecular weight excluding hydrogens is 239 g/mol. The van der Waals surface area contributed by atoms with Gasteiger partial charge in [0.1, 0.15) is 5.82 Å². The predicted octanol–water partition coefficient (Wildman–Crippen LogP) is 3.99. The van der Waals surface area contributed by atoms with Gasteiger partial charge in [0.25, 0.3) is 0 Å². The van der Waals surface area contributed by atoms with Crippen LogP contribution in [0, 0.1) is 11.7 Å². The highest BCUT2D eigenvalue weighted by molar-refractivity contribution is 6.01. The minimum absolute atomic E-state index is 0.0792. The molecule has 1 saturated carbocycles. The second kappa shape index (κ2) is 4.30. The normalized spacial score (nSPS) is 25.1. The Kier molecular flexibility index (Phi) is 2.74. The van der Waals surface area contributed by atoms with Gasteiger partial charge in [-0.05, 0) is 24.1 Å². The van der Waals surface area contributed by atoms with Crippen molar-refractivity contribution in [3.63, 3.8) is 0 Å². The third kappa shape index (κ3) is 1.97. The standard InChI is InChI=1S/C17H15FO/c1-17(12-7-3-2-4-8-12)11-14(17)16(19)13-9-5-6-10-15(13)18/h2-10,14H,11H2,1H3/t14-,17-/m1/s1. The number of benzene rings is 2. The van der Waals surface area contributed by atoms with Crippen molar-refractivity contribution in [1.82, 2.24) is 0 Å². The van der Waals surface area contributed by atoms with Crippen LogP contribution in [0.3, 0.4) is 0 Å². The smallest absolute Gasteiger partial charge is 0.169 e. The summed E-state index contributed by atoms with van der Waals surface area (Å²) in [5.41, 5.74) is 1.23. The van der Waals surface area contributed by atoms with E-state index in [1.807, 2.05) is 30.3 Å². The first kappa shape index (κ1) is 12.1. The van der Waals surface area contributed by atoms with Crippen molar-refractivity contribution in [2.24, 2.45) is 5.92 Å². The SMILES string of the molecule is C[C@]1(c2ccccc2)C[C@@H]1C(=O)c1ccccc1F. The molecule has 0 radical (unpaired) electrons. The van der Waals surface area contributed by atoms with Crippen LogP contribution in [0.15, 0.2) is 54.6 Å². The lowest BCUT2D eigenvalue weighted by molar-refractivity contribution is 0.0955. The van der Waals surface area contributed by atoms with Crippen LogP contribution in [-0.2, 0) is 5.41 Å². The van der Waals surface area contributed by atoms with Gasteiger partial charge in [-0.15, -0.1) is 0 Å². The summed E-state index contributed by atoms with van der Waals surface area (Å²) >= 11 is 0. The van der Waals surface area contributed by atoms with E-state index >= 15 is 0 Å². The molecule has 19 heavy (non-hydrogen) atoms. The van der Waals surface area contributed by atoms with Crippen molar-refractivity contribution in [2.45, 2.75) is 18.8 Å². The van der Waals surface area contributed by atoms with Crippen molar-refractivity contribution in [1.29, 1.82) is 0 Å². The third-order valence-corrected chi connectivity index (χ3v) is 4.13. The fourth-order valence-electron chi connectivity index (χ4n) is 2.73. The summed E-state index contributed by atoms with van der Waals surface area (Å²) in [5, 5.41) is 0. The molecule has 0 amide bonds. The van der Waals surface area contributed by atoms with Crippen molar-refractivity contribution in [3.05, 3.63) is 71.5 Å². The van der Waals surface area contributed by atoms with E-state index in [0.717, 1.165) is 12.0 Å². The summed E-state index contributed by atoms with van der Waals surface area (Å²) in [6, 6.07) is 16.2. The molecule has 1 aliphatic rings. The zero-order valence-electron chi connectivity index (χ0n) is 10.8. The van der Waals surface area contributed by atoms with Crippen molar-refractivity contribution in [2.75, 3.05) is 0 Å². The van der Waals surface area contributed by atoms with Crippen LogP contribution >= 0.6 is 0 Å². The van der Waals surface area contributed by atoms with Crippen LogP contribution in [0.25, 0.3) is 0 Å². The first-order chi connectivity index (χ1) is 9.13. The second-order valence-corrected chi connectivity index (χ2v) is 5.38. The van der Waals surface area contributed by atoms with Crippen LogP contribution in [-0.4, -0.2) is 5.78 Å². The van der Waals surface area contributed by atoms with Crippen LogP contribution < -0.4 is 0 Å². The maximum atomic E-state index is 13.7. The summed E-state index contributed by atoms with van der Waals surface area (Å²) in [6.45, 7) is 2.08. The summed E-state index contributed by atoms with van der Waals surface area (Å²) in [4.78, 5) is 12.4. The van der Waals surface area contributed by atoms with Gasteiger partial charge in [-0.25, -0.2) is 4.39 Å². The van der Waals surface area contributed by atoms with E-state index in [1.54, 1.807) is 18.2 Å². The first-order valence-corrected chi connectivity index (χ1v) is 6.47. The van der Waals surface area contributed by atoms with Crippen LogP contribution in [0.1, 0.15) is 29.3 Å². The quantitative estimate of drug-likeness (QED) is 0.757. The Labute approximate surface area is 112 Å². The number of carbonyl (C=O) groups excluding carboxylic acids is 1. The number of Topliss-reactive ketones (excluding diaryl/α,β-unsaturated/α-hetero) is 1. The predicted molar refractivity (Wildman–Crippen MR) is 72.6 cm³/mol. The number of carbonyl (C=O) groups is 1. The highest BCUT2D eigenvalue weighted by atomic mass is 19.1. The van der Waals surface area contributed by atoms with E-state index in [1.165, 1.54) is 6.07 Å². The van der Waals surface area contributed by atoms with Crippen molar-refractivity contribution in [3.8, 4) is 0 Å². The number of rotatable bonds is 3. The molecule has 0 aliphatic heterocycles. The van der Waals surface area contributed by atoms with Gasteiger partial charge >= 0.3 is 0 Å². The first-order valence-electron chi connectivity index (χ1n) is 6.47. The molecule has 96 valence electrons. The van der Waals surface area contributed by atoms with E-state index in [9.17, 15) is 9.18 Å². The van der Waals surface area contributed by atoms with E-state index < -0.39 is 5.82 Å². The average molecular weight is 254 g/mol. The summed E-state index contributed by atoms with van der Waals surface area (Å²) < 4.78 is 13.7. The largest absolute Gasteiger partial charge is 0.294 e. The maximum absolute atomic E-state index is 13.7. The molecule has 0 spiro atoms. The van der Waals surface area contributed by atoms with E-state index in [-0.39, 0.29) is 22.7 Å². The second-order valence-electron chi connectivity index (χ2n) is 5.38. The Bertz CT molecular complexity index is 620. The highest BCUT2D eigenvalue weighted by Crippen LogP contribution is 2.55. The molecular formula is C17H15FO. The molecule has 2 atom stereocenters. The van der Waals surface area contributed by atoms with Crippen LogP contribution in [0.4, 0.5) is 4.39 Å². The molecule has 0 unspecified atom stereocenters. The molecule has 2 aromatic rings. The molecule has 2 aromatic carbocycles. The van der Waals surface area contributed by atoms with Gasteiger partial charge in [0.05, 0.1) is 5.56 Å². The zero-order chi connectivity index (χ0) is 13.5. The van der Waals surface area contributed by atoms with Gasteiger partial charge in [-0.1, -0.05) is 49.4 Å². The van der Waals surface area contributed by atoms with E-state index in [4.69, 9.17) is 0 Å². The van der Waals surface area contributed by atoms with Gasteiger partial charge in [-0.3, -0.25) is 4.79 Å². The van der Waals surface area contributed by atoms with Gasteiger partial charge in [-0.2, -0.15) is 0 Å². The van der Waals surface area contributed by atoms with Gasteiger partial charge in [0, 0.05) is 11.3 Å². The Morgan fingerprint density at radius 2 is 1.74 bits per heavy atom. The molecule has 3 rings (SSSR count).